The fraction of sp³-hybridized carbons (Fsp3) is 0.364. The maximum absolute atomic E-state index is 11.5. The van der Waals surface area contributed by atoms with Gasteiger partial charge in [0.2, 0.25) is 0 Å². The zero-order chi connectivity index (χ0) is 10.1. The molecule has 0 radical (unpaired) electrons. The Morgan fingerprint density at radius 1 is 1.36 bits per heavy atom. The summed E-state index contributed by atoms with van der Waals surface area (Å²) < 4.78 is 0. The number of carbonyl (C=O) groups is 1. The van der Waals surface area contributed by atoms with Crippen LogP contribution in [0.15, 0.2) is 18.2 Å². The standard InChI is InChI=1S/C11H14N2O/c1-8-3-4-9(2)10(7-8)13-6-5-12-11(13)14/h3-4,7H,5-6H2,1-2H3,(H,12,14). The average Bonchev–Trinajstić information content (AvgIpc) is 2.56. The Balaban J connectivity index is 2.39. The summed E-state index contributed by atoms with van der Waals surface area (Å²) in [4.78, 5) is 13.2. The van der Waals surface area contributed by atoms with Gasteiger partial charge < -0.3 is 5.32 Å². The highest BCUT2D eigenvalue weighted by Gasteiger charge is 2.22. The van der Waals surface area contributed by atoms with E-state index in [1.807, 2.05) is 13.8 Å². The third-order valence-electron chi connectivity index (χ3n) is 2.51. The highest BCUT2D eigenvalue weighted by molar-refractivity contribution is 5.94. The van der Waals surface area contributed by atoms with Gasteiger partial charge in [-0.25, -0.2) is 4.79 Å². The molecule has 1 aliphatic rings. The number of hydrogen-bond acceptors (Lipinski definition) is 1. The van der Waals surface area contributed by atoms with Crippen LogP contribution in [-0.4, -0.2) is 19.1 Å². The van der Waals surface area contributed by atoms with Crippen molar-refractivity contribution in [1.29, 1.82) is 0 Å². The SMILES string of the molecule is Cc1ccc(C)c(N2CCNC2=O)c1. The predicted octanol–water partition coefficient (Wildman–Crippen LogP) is 1.83. The van der Waals surface area contributed by atoms with Gasteiger partial charge in [-0.3, -0.25) is 4.90 Å². The van der Waals surface area contributed by atoms with E-state index >= 15 is 0 Å². The molecule has 1 aromatic carbocycles. The lowest BCUT2D eigenvalue weighted by molar-refractivity contribution is 0.252. The lowest BCUT2D eigenvalue weighted by Crippen LogP contribution is -2.28. The first-order valence-electron chi connectivity index (χ1n) is 4.81. The van der Waals surface area contributed by atoms with Gasteiger partial charge in [-0.15, -0.1) is 0 Å². The van der Waals surface area contributed by atoms with Crippen LogP contribution in [0.25, 0.3) is 0 Å². The van der Waals surface area contributed by atoms with Gasteiger partial charge >= 0.3 is 6.03 Å². The van der Waals surface area contributed by atoms with Crippen LogP contribution in [-0.2, 0) is 0 Å². The van der Waals surface area contributed by atoms with Crippen molar-refractivity contribution in [2.45, 2.75) is 13.8 Å². The largest absolute Gasteiger partial charge is 0.336 e. The molecule has 0 unspecified atom stereocenters. The number of benzene rings is 1. The molecule has 0 saturated carbocycles. The molecule has 1 saturated heterocycles. The van der Waals surface area contributed by atoms with Gasteiger partial charge in [0.25, 0.3) is 0 Å². The Hall–Kier alpha value is -1.51. The number of nitrogens with zero attached hydrogens (tertiary/aromatic N) is 1. The Morgan fingerprint density at radius 3 is 2.79 bits per heavy atom. The molecule has 3 nitrogen and oxygen atoms in total. The fourth-order valence-corrected chi connectivity index (χ4v) is 1.71. The van der Waals surface area contributed by atoms with Crippen molar-refractivity contribution in [2.24, 2.45) is 0 Å². The van der Waals surface area contributed by atoms with E-state index in [9.17, 15) is 4.79 Å². The van der Waals surface area contributed by atoms with Crippen LogP contribution in [0.5, 0.6) is 0 Å². The third kappa shape index (κ3) is 1.45. The van der Waals surface area contributed by atoms with Crippen molar-refractivity contribution < 1.29 is 4.79 Å². The summed E-state index contributed by atoms with van der Waals surface area (Å²) in [7, 11) is 0. The van der Waals surface area contributed by atoms with E-state index in [1.54, 1.807) is 4.90 Å². The van der Waals surface area contributed by atoms with Gasteiger partial charge in [-0.2, -0.15) is 0 Å². The zero-order valence-corrected chi connectivity index (χ0v) is 8.50. The van der Waals surface area contributed by atoms with E-state index in [1.165, 1.54) is 5.56 Å². The van der Waals surface area contributed by atoms with Gasteiger partial charge in [-0.05, 0) is 31.0 Å². The molecule has 2 amide bonds. The highest BCUT2D eigenvalue weighted by atomic mass is 16.2. The van der Waals surface area contributed by atoms with Crippen LogP contribution in [0, 0.1) is 13.8 Å². The quantitative estimate of drug-likeness (QED) is 0.720. The maximum Gasteiger partial charge on any atom is 0.322 e. The second kappa shape index (κ2) is 3.33. The number of amides is 2. The average molecular weight is 190 g/mol. The number of anilines is 1. The van der Waals surface area contributed by atoms with Gasteiger partial charge in [-0.1, -0.05) is 12.1 Å². The first kappa shape index (κ1) is 9.06. The van der Waals surface area contributed by atoms with Crippen LogP contribution in [0.1, 0.15) is 11.1 Å². The second-order valence-electron chi connectivity index (χ2n) is 3.67. The maximum atomic E-state index is 11.5. The normalized spacial score (nSPS) is 15.9. The third-order valence-corrected chi connectivity index (χ3v) is 2.51. The van der Waals surface area contributed by atoms with E-state index in [0.29, 0.717) is 0 Å². The minimum Gasteiger partial charge on any atom is -0.336 e. The lowest BCUT2D eigenvalue weighted by Gasteiger charge is -2.17. The molecule has 0 spiro atoms. The summed E-state index contributed by atoms with van der Waals surface area (Å²) in [6.07, 6.45) is 0. The van der Waals surface area contributed by atoms with E-state index in [2.05, 4.69) is 23.5 Å². The van der Waals surface area contributed by atoms with Crippen LogP contribution in [0.3, 0.4) is 0 Å². The van der Waals surface area contributed by atoms with Crippen molar-refractivity contribution >= 4 is 11.7 Å². The molecule has 0 aliphatic carbocycles. The lowest BCUT2D eigenvalue weighted by atomic mass is 10.1. The first-order valence-corrected chi connectivity index (χ1v) is 4.81. The molecule has 1 aromatic rings. The number of rotatable bonds is 1. The summed E-state index contributed by atoms with van der Waals surface area (Å²) in [6.45, 7) is 5.58. The molecule has 0 bridgehead atoms. The van der Waals surface area contributed by atoms with Crippen molar-refractivity contribution in [1.82, 2.24) is 5.32 Å². The van der Waals surface area contributed by atoms with Gasteiger partial charge in [0.1, 0.15) is 0 Å². The number of urea groups is 1. The molecule has 1 heterocycles. The Bertz CT molecular complexity index is 374. The van der Waals surface area contributed by atoms with Crippen molar-refractivity contribution in [3.8, 4) is 0 Å². The summed E-state index contributed by atoms with van der Waals surface area (Å²) in [5, 5.41) is 2.80. The Labute approximate surface area is 83.7 Å². The molecule has 1 N–H and O–H groups in total. The Morgan fingerprint density at radius 2 is 2.14 bits per heavy atom. The number of nitrogens with one attached hydrogen (secondary N) is 1. The molecule has 14 heavy (non-hydrogen) atoms. The molecule has 74 valence electrons. The summed E-state index contributed by atoms with van der Waals surface area (Å²) in [5.41, 5.74) is 3.36. The summed E-state index contributed by atoms with van der Waals surface area (Å²) in [6, 6.07) is 6.18. The molecular weight excluding hydrogens is 176 g/mol. The molecule has 0 aromatic heterocycles. The second-order valence-corrected chi connectivity index (χ2v) is 3.67. The number of hydrogen-bond donors (Lipinski definition) is 1. The van der Waals surface area contributed by atoms with Crippen LogP contribution < -0.4 is 10.2 Å². The fourth-order valence-electron chi connectivity index (χ4n) is 1.71. The summed E-state index contributed by atoms with van der Waals surface area (Å²) in [5.74, 6) is 0. The number of carbonyl (C=O) groups excluding carboxylic acids is 1. The predicted molar refractivity (Wildman–Crippen MR) is 56.7 cm³/mol. The van der Waals surface area contributed by atoms with Crippen LogP contribution >= 0.6 is 0 Å². The van der Waals surface area contributed by atoms with E-state index in [0.717, 1.165) is 24.3 Å². The minimum absolute atomic E-state index is 0.0127. The van der Waals surface area contributed by atoms with Crippen LogP contribution in [0.4, 0.5) is 10.5 Å². The van der Waals surface area contributed by atoms with Gasteiger partial charge in [0, 0.05) is 18.8 Å². The first-order chi connectivity index (χ1) is 6.68. The van der Waals surface area contributed by atoms with E-state index in [-0.39, 0.29) is 6.03 Å². The Kier molecular flexibility index (Phi) is 2.15. The smallest absolute Gasteiger partial charge is 0.322 e. The van der Waals surface area contributed by atoms with Crippen LogP contribution in [0.2, 0.25) is 0 Å². The zero-order valence-electron chi connectivity index (χ0n) is 8.50. The van der Waals surface area contributed by atoms with Crippen molar-refractivity contribution in [3.05, 3.63) is 29.3 Å². The summed E-state index contributed by atoms with van der Waals surface area (Å²) >= 11 is 0. The molecular formula is C11H14N2O. The van der Waals surface area contributed by atoms with Gasteiger partial charge in [0.15, 0.2) is 0 Å². The molecule has 0 atom stereocenters. The van der Waals surface area contributed by atoms with Crippen molar-refractivity contribution in [2.75, 3.05) is 18.0 Å². The minimum atomic E-state index is 0.0127. The molecule has 1 aliphatic heterocycles. The topological polar surface area (TPSA) is 32.3 Å². The number of aryl methyl sites for hydroxylation is 2. The molecule has 3 heteroatoms. The highest BCUT2D eigenvalue weighted by Crippen LogP contribution is 2.22. The van der Waals surface area contributed by atoms with Crippen molar-refractivity contribution in [3.63, 3.8) is 0 Å². The monoisotopic (exact) mass is 190 g/mol. The molecule has 1 fully saturated rings. The van der Waals surface area contributed by atoms with Gasteiger partial charge in [0.05, 0.1) is 0 Å². The van der Waals surface area contributed by atoms with E-state index in [4.69, 9.17) is 0 Å². The van der Waals surface area contributed by atoms with E-state index < -0.39 is 0 Å². The molecule has 2 rings (SSSR count).